The molecule has 1 aromatic rings. The second-order valence-corrected chi connectivity index (χ2v) is 7.57. The van der Waals surface area contributed by atoms with E-state index in [1.54, 1.807) is 12.3 Å². The van der Waals surface area contributed by atoms with E-state index in [1.807, 2.05) is 13.1 Å². The highest BCUT2D eigenvalue weighted by Gasteiger charge is 2.28. The molecule has 1 atom stereocenters. The summed E-state index contributed by atoms with van der Waals surface area (Å²) in [6.07, 6.45) is 2.54. The van der Waals surface area contributed by atoms with Crippen LogP contribution >= 0.6 is 11.6 Å². The lowest BCUT2D eigenvalue weighted by Crippen LogP contribution is -2.26. The molecule has 0 bridgehead atoms. The molecule has 1 aromatic heterocycles. The molecule has 0 saturated carbocycles. The minimum Gasteiger partial charge on any atom is -0.302 e. The summed E-state index contributed by atoms with van der Waals surface area (Å²) < 4.78 is 22.8. The maximum absolute atomic E-state index is 11.4. The first kappa shape index (κ1) is 13.8. The Labute approximate surface area is 113 Å². The molecule has 0 unspecified atom stereocenters. The first-order chi connectivity index (χ1) is 8.44. The van der Waals surface area contributed by atoms with Gasteiger partial charge in [0.1, 0.15) is 5.15 Å². The van der Waals surface area contributed by atoms with Crippen LogP contribution in [0.25, 0.3) is 0 Å². The Morgan fingerprint density at radius 1 is 1.50 bits per heavy atom. The minimum atomic E-state index is -2.78. The van der Waals surface area contributed by atoms with Gasteiger partial charge >= 0.3 is 0 Å². The Hall–Kier alpha value is -0.650. The van der Waals surface area contributed by atoms with Crippen LogP contribution < -0.4 is 0 Å². The molecule has 2 rings (SSSR count). The van der Waals surface area contributed by atoms with Crippen LogP contribution in [0.3, 0.4) is 0 Å². The van der Waals surface area contributed by atoms with Crippen molar-refractivity contribution in [1.29, 1.82) is 0 Å². The molecule has 1 aliphatic rings. The molecular weight excluding hydrogens is 272 g/mol. The predicted octanol–water partition coefficient (Wildman–Crippen LogP) is 1.60. The normalized spacial score (nSPS) is 22.5. The van der Waals surface area contributed by atoms with E-state index >= 15 is 0 Å². The lowest BCUT2D eigenvalue weighted by atomic mass is 10.1. The van der Waals surface area contributed by atoms with Crippen LogP contribution in [0.2, 0.25) is 5.15 Å². The van der Waals surface area contributed by atoms with Gasteiger partial charge in [0, 0.05) is 19.3 Å². The monoisotopic (exact) mass is 288 g/mol. The summed E-state index contributed by atoms with van der Waals surface area (Å²) in [6, 6.07) is 3.71. The number of sulfone groups is 1. The molecule has 0 N–H and O–H groups in total. The molecule has 0 amide bonds. The topological polar surface area (TPSA) is 50.3 Å². The van der Waals surface area contributed by atoms with Crippen molar-refractivity contribution in [1.82, 2.24) is 9.88 Å². The maximum Gasteiger partial charge on any atom is 0.150 e. The van der Waals surface area contributed by atoms with Gasteiger partial charge in [-0.15, -0.1) is 0 Å². The van der Waals surface area contributed by atoms with Crippen molar-refractivity contribution in [2.75, 3.05) is 25.1 Å². The van der Waals surface area contributed by atoms with Gasteiger partial charge in [0.25, 0.3) is 0 Å². The second kappa shape index (κ2) is 5.55. The van der Waals surface area contributed by atoms with Crippen LogP contribution in [0, 0.1) is 5.92 Å². The van der Waals surface area contributed by atoms with Gasteiger partial charge in [-0.05, 0) is 31.0 Å². The average molecular weight is 289 g/mol. The van der Waals surface area contributed by atoms with Gasteiger partial charge < -0.3 is 4.90 Å². The van der Waals surface area contributed by atoms with Crippen LogP contribution in [0.1, 0.15) is 12.0 Å². The fourth-order valence-electron chi connectivity index (χ4n) is 2.33. The Morgan fingerprint density at radius 2 is 2.28 bits per heavy atom. The number of rotatable bonds is 4. The van der Waals surface area contributed by atoms with E-state index in [9.17, 15) is 8.42 Å². The fraction of sp³-hybridized carbons (Fsp3) is 0.583. The van der Waals surface area contributed by atoms with Crippen molar-refractivity contribution in [3.05, 3.63) is 29.0 Å². The van der Waals surface area contributed by atoms with Gasteiger partial charge in [0.2, 0.25) is 0 Å². The number of hydrogen-bond acceptors (Lipinski definition) is 4. The highest BCUT2D eigenvalue weighted by molar-refractivity contribution is 7.91. The van der Waals surface area contributed by atoms with Crippen LogP contribution in [0.4, 0.5) is 0 Å². The van der Waals surface area contributed by atoms with Crippen molar-refractivity contribution in [2.24, 2.45) is 5.92 Å². The SMILES string of the molecule is CN(Cc1ccc(Cl)nc1)C[C@@H]1CCS(=O)(=O)C1. The Kier molecular flexibility index (Phi) is 4.25. The van der Waals surface area contributed by atoms with Crippen LogP contribution in [0.15, 0.2) is 18.3 Å². The molecular formula is C12H17ClN2O2S. The number of aromatic nitrogens is 1. The van der Waals surface area contributed by atoms with Crippen molar-refractivity contribution >= 4 is 21.4 Å². The molecule has 1 fully saturated rings. The number of hydrogen-bond donors (Lipinski definition) is 0. The Bertz CT molecular complexity index is 501. The molecule has 0 aliphatic carbocycles. The Balaban J connectivity index is 1.86. The molecule has 1 saturated heterocycles. The summed E-state index contributed by atoms with van der Waals surface area (Å²) in [7, 11) is -0.776. The lowest BCUT2D eigenvalue weighted by molar-refractivity contribution is 0.281. The zero-order valence-corrected chi connectivity index (χ0v) is 11.9. The average Bonchev–Trinajstić information content (AvgIpc) is 2.61. The summed E-state index contributed by atoms with van der Waals surface area (Å²) in [5.41, 5.74) is 1.09. The Morgan fingerprint density at radius 3 is 2.83 bits per heavy atom. The first-order valence-corrected chi connectivity index (χ1v) is 8.14. The molecule has 4 nitrogen and oxygen atoms in total. The second-order valence-electron chi connectivity index (χ2n) is 4.95. The summed E-state index contributed by atoms with van der Waals surface area (Å²) in [5.74, 6) is 0.935. The molecule has 1 aliphatic heterocycles. The zero-order chi connectivity index (χ0) is 13.2. The smallest absolute Gasteiger partial charge is 0.150 e. The molecule has 0 spiro atoms. The van der Waals surface area contributed by atoms with Crippen LogP contribution in [0.5, 0.6) is 0 Å². The summed E-state index contributed by atoms with van der Waals surface area (Å²) >= 11 is 5.73. The number of halogens is 1. The third kappa shape index (κ3) is 3.93. The van der Waals surface area contributed by atoms with E-state index in [4.69, 9.17) is 11.6 Å². The van der Waals surface area contributed by atoms with Crippen molar-refractivity contribution in [3.8, 4) is 0 Å². The standard InChI is InChI=1S/C12H17ClN2O2S/c1-15(7-10-2-3-12(13)14-6-10)8-11-4-5-18(16,17)9-11/h2-3,6,11H,4-5,7-9H2,1H3/t11-/m0/s1. The molecule has 0 radical (unpaired) electrons. The highest BCUT2D eigenvalue weighted by atomic mass is 35.5. The highest BCUT2D eigenvalue weighted by Crippen LogP contribution is 2.19. The molecule has 0 aromatic carbocycles. The summed E-state index contributed by atoms with van der Waals surface area (Å²) in [5, 5.41) is 0.489. The lowest BCUT2D eigenvalue weighted by Gasteiger charge is -2.19. The summed E-state index contributed by atoms with van der Waals surface area (Å²) in [4.78, 5) is 6.17. The van der Waals surface area contributed by atoms with Gasteiger partial charge in [-0.3, -0.25) is 0 Å². The fourth-order valence-corrected chi connectivity index (χ4v) is 4.29. The van der Waals surface area contributed by atoms with Gasteiger partial charge in [0.15, 0.2) is 9.84 Å². The largest absolute Gasteiger partial charge is 0.302 e. The van der Waals surface area contributed by atoms with Crippen molar-refractivity contribution in [3.63, 3.8) is 0 Å². The van der Waals surface area contributed by atoms with Crippen molar-refractivity contribution < 1.29 is 8.42 Å². The van der Waals surface area contributed by atoms with Crippen LogP contribution in [-0.4, -0.2) is 43.4 Å². The third-order valence-corrected chi connectivity index (χ3v) is 5.20. The zero-order valence-electron chi connectivity index (χ0n) is 10.3. The van der Waals surface area contributed by atoms with Gasteiger partial charge in [-0.25, -0.2) is 13.4 Å². The van der Waals surface area contributed by atoms with Gasteiger partial charge in [0.05, 0.1) is 11.5 Å². The summed E-state index contributed by atoms with van der Waals surface area (Å²) in [6.45, 7) is 1.57. The van der Waals surface area contributed by atoms with Crippen LogP contribution in [-0.2, 0) is 16.4 Å². The molecule has 100 valence electrons. The molecule has 6 heteroatoms. The first-order valence-electron chi connectivity index (χ1n) is 5.94. The maximum atomic E-state index is 11.4. The minimum absolute atomic E-state index is 0.264. The molecule has 18 heavy (non-hydrogen) atoms. The van der Waals surface area contributed by atoms with E-state index in [-0.39, 0.29) is 5.92 Å². The van der Waals surface area contributed by atoms with Gasteiger partial charge in [-0.1, -0.05) is 17.7 Å². The van der Waals surface area contributed by atoms with E-state index in [2.05, 4.69) is 9.88 Å². The van der Waals surface area contributed by atoms with E-state index in [1.165, 1.54) is 0 Å². The number of nitrogens with zero attached hydrogens (tertiary/aromatic N) is 2. The van der Waals surface area contributed by atoms with Crippen molar-refractivity contribution in [2.45, 2.75) is 13.0 Å². The molecule has 2 heterocycles. The predicted molar refractivity (Wildman–Crippen MR) is 72.3 cm³/mol. The van der Waals surface area contributed by atoms with E-state index in [0.29, 0.717) is 16.7 Å². The number of pyridine rings is 1. The quantitative estimate of drug-likeness (QED) is 0.790. The third-order valence-electron chi connectivity index (χ3n) is 3.14. The van der Waals surface area contributed by atoms with E-state index in [0.717, 1.165) is 25.1 Å². The van der Waals surface area contributed by atoms with E-state index < -0.39 is 9.84 Å². The van der Waals surface area contributed by atoms with Gasteiger partial charge in [-0.2, -0.15) is 0 Å².